The molecule has 0 aromatic carbocycles. The van der Waals surface area contributed by atoms with E-state index in [1.165, 1.54) is 13.9 Å². The quantitative estimate of drug-likeness (QED) is 0.768. The highest BCUT2D eigenvalue weighted by Crippen LogP contribution is 2.25. The molecule has 1 amide bonds. The molecule has 0 atom stereocenters. The maximum absolute atomic E-state index is 12.7. The van der Waals surface area contributed by atoms with Crippen LogP contribution in [0.5, 0.6) is 0 Å². The molecule has 0 spiro atoms. The molecule has 1 saturated heterocycles. The van der Waals surface area contributed by atoms with Crippen molar-refractivity contribution in [1.82, 2.24) is 19.0 Å². The lowest BCUT2D eigenvalue weighted by atomic mass is 10.4. The maximum Gasteiger partial charge on any atom is 0.249 e. The molecule has 1 fully saturated rings. The number of aryl methyl sites for hydroxylation is 1. The smallest absolute Gasteiger partial charge is 0.249 e. The van der Waals surface area contributed by atoms with Crippen molar-refractivity contribution in [1.29, 1.82) is 0 Å². The Bertz CT molecular complexity index is 637. The molecule has 1 aliphatic heterocycles. The van der Waals surface area contributed by atoms with Crippen LogP contribution in [0, 0.1) is 6.92 Å². The molecule has 112 valence electrons. The van der Waals surface area contributed by atoms with E-state index in [-0.39, 0.29) is 23.2 Å². The van der Waals surface area contributed by atoms with Crippen LogP contribution in [0.3, 0.4) is 0 Å². The van der Waals surface area contributed by atoms with Crippen LogP contribution < -0.4 is 5.73 Å². The summed E-state index contributed by atoms with van der Waals surface area (Å²) in [5, 5.41) is 3.92. The minimum atomic E-state index is -3.80. The number of hydrogen-bond donors (Lipinski definition) is 1. The number of nitrogens with zero attached hydrogens (tertiary/aromatic N) is 4. The van der Waals surface area contributed by atoms with Gasteiger partial charge < -0.3 is 10.6 Å². The van der Waals surface area contributed by atoms with Crippen LogP contribution in [-0.4, -0.2) is 60.0 Å². The van der Waals surface area contributed by atoms with Crippen LogP contribution in [0.25, 0.3) is 0 Å². The summed E-state index contributed by atoms with van der Waals surface area (Å²) >= 11 is 0. The third kappa shape index (κ3) is 2.38. The Labute approximate surface area is 118 Å². The van der Waals surface area contributed by atoms with E-state index >= 15 is 0 Å². The van der Waals surface area contributed by atoms with Crippen LogP contribution in [0.2, 0.25) is 0 Å². The van der Waals surface area contributed by atoms with Gasteiger partial charge in [0, 0.05) is 27.2 Å². The topological polar surface area (TPSA) is 102 Å². The lowest BCUT2D eigenvalue weighted by Gasteiger charge is -2.19. The van der Waals surface area contributed by atoms with Gasteiger partial charge in [-0.1, -0.05) is 0 Å². The van der Waals surface area contributed by atoms with E-state index in [1.807, 2.05) is 0 Å². The Hall–Kier alpha value is -1.61. The molecular formula is C11H19N5O3S. The Kier molecular flexibility index (Phi) is 3.74. The standard InChI is InChI=1S/C11H19N5O3S/c1-8-10(11(12)13-15(8)3)20(18,19)16-6-4-5-14(2)9(17)7-16/h4-7H2,1-3H3,(H2,12,13). The normalized spacial score (nSPS) is 18.4. The third-order valence-corrected chi connectivity index (χ3v) is 5.55. The van der Waals surface area contributed by atoms with Crippen molar-refractivity contribution < 1.29 is 13.2 Å². The molecule has 1 aliphatic rings. The van der Waals surface area contributed by atoms with Gasteiger partial charge in [-0.05, 0) is 13.3 Å². The zero-order chi connectivity index (χ0) is 15.1. The first-order valence-corrected chi connectivity index (χ1v) is 7.72. The monoisotopic (exact) mass is 301 g/mol. The van der Waals surface area contributed by atoms with Gasteiger partial charge in [0.15, 0.2) is 5.82 Å². The van der Waals surface area contributed by atoms with Gasteiger partial charge in [-0.3, -0.25) is 9.48 Å². The number of carbonyl (C=O) groups excluding carboxylic acids is 1. The Morgan fingerprint density at radius 1 is 1.25 bits per heavy atom. The SMILES string of the molecule is Cc1c(S(=O)(=O)N2CCCN(C)C(=O)C2)c(N)nn1C. The minimum absolute atomic E-state index is 0.00245. The van der Waals surface area contributed by atoms with E-state index in [0.717, 1.165) is 0 Å². The van der Waals surface area contributed by atoms with Crippen molar-refractivity contribution in [2.45, 2.75) is 18.2 Å². The summed E-state index contributed by atoms with van der Waals surface area (Å²) in [6, 6.07) is 0. The number of sulfonamides is 1. The summed E-state index contributed by atoms with van der Waals surface area (Å²) in [7, 11) is -0.505. The third-order valence-electron chi connectivity index (χ3n) is 3.54. The summed E-state index contributed by atoms with van der Waals surface area (Å²) in [6.07, 6.45) is 0.598. The lowest BCUT2D eigenvalue weighted by molar-refractivity contribution is -0.129. The van der Waals surface area contributed by atoms with Crippen LogP contribution in [0.1, 0.15) is 12.1 Å². The van der Waals surface area contributed by atoms with Crippen LogP contribution in [-0.2, 0) is 21.9 Å². The molecule has 0 bridgehead atoms. The van der Waals surface area contributed by atoms with E-state index in [0.29, 0.717) is 25.2 Å². The minimum Gasteiger partial charge on any atom is -0.381 e. The molecule has 1 aromatic heterocycles. The van der Waals surface area contributed by atoms with Crippen molar-refractivity contribution in [2.75, 3.05) is 32.4 Å². The fraction of sp³-hybridized carbons (Fsp3) is 0.636. The predicted molar refractivity (Wildman–Crippen MR) is 73.4 cm³/mol. The Morgan fingerprint density at radius 2 is 1.90 bits per heavy atom. The molecule has 0 radical (unpaired) electrons. The largest absolute Gasteiger partial charge is 0.381 e. The number of anilines is 1. The molecule has 8 nitrogen and oxygen atoms in total. The van der Waals surface area contributed by atoms with Gasteiger partial charge in [-0.2, -0.15) is 9.40 Å². The van der Waals surface area contributed by atoms with Gasteiger partial charge in [-0.25, -0.2) is 8.42 Å². The van der Waals surface area contributed by atoms with E-state index in [1.54, 1.807) is 21.0 Å². The summed E-state index contributed by atoms with van der Waals surface area (Å²) in [5.41, 5.74) is 6.17. The molecule has 0 unspecified atom stereocenters. The van der Waals surface area contributed by atoms with Crippen molar-refractivity contribution in [3.63, 3.8) is 0 Å². The number of nitrogen functional groups attached to an aromatic ring is 1. The van der Waals surface area contributed by atoms with E-state index < -0.39 is 10.0 Å². The molecule has 2 rings (SSSR count). The van der Waals surface area contributed by atoms with Gasteiger partial charge in [0.2, 0.25) is 15.9 Å². The Balaban J connectivity index is 2.42. The first-order chi connectivity index (χ1) is 9.25. The van der Waals surface area contributed by atoms with Gasteiger partial charge in [-0.15, -0.1) is 0 Å². The molecule has 9 heteroatoms. The molecule has 1 aromatic rings. The average molecular weight is 301 g/mol. The van der Waals surface area contributed by atoms with Gasteiger partial charge >= 0.3 is 0 Å². The molecular weight excluding hydrogens is 282 g/mol. The van der Waals surface area contributed by atoms with Crippen molar-refractivity contribution in [3.8, 4) is 0 Å². The van der Waals surface area contributed by atoms with Crippen molar-refractivity contribution >= 4 is 21.7 Å². The zero-order valence-corrected chi connectivity index (χ0v) is 12.6. The predicted octanol–water partition coefficient (Wildman–Crippen LogP) is -0.836. The first-order valence-electron chi connectivity index (χ1n) is 6.28. The van der Waals surface area contributed by atoms with Crippen molar-refractivity contribution in [2.24, 2.45) is 7.05 Å². The number of hydrogen-bond acceptors (Lipinski definition) is 5. The molecule has 2 heterocycles. The number of rotatable bonds is 2. The summed E-state index contributed by atoms with van der Waals surface area (Å²) in [6.45, 7) is 2.33. The highest BCUT2D eigenvalue weighted by Gasteiger charge is 2.34. The average Bonchev–Trinajstić information content (AvgIpc) is 2.50. The second kappa shape index (κ2) is 5.06. The van der Waals surface area contributed by atoms with Crippen LogP contribution >= 0.6 is 0 Å². The summed E-state index contributed by atoms with van der Waals surface area (Å²) < 4.78 is 27.9. The van der Waals surface area contributed by atoms with Gasteiger partial charge in [0.25, 0.3) is 0 Å². The number of amides is 1. The van der Waals surface area contributed by atoms with Crippen LogP contribution in [0.15, 0.2) is 4.90 Å². The van der Waals surface area contributed by atoms with Gasteiger partial charge in [0.05, 0.1) is 12.2 Å². The maximum atomic E-state index is 12.7. The van der Waals surface area contributed by atoms with Gasteiger partial charge in [0.1, 0.15) is 4.90 Å². The molecule has 2 N–H and O–H groups in total. The van der Waals surface area contributed by atoms with E-state index in [9.17, 15) is 13.2 Å². The lowest BCUT2D eigenvalue weighted by Crippen LogP contribution is -2.38. The summed E-state index contributed by atoms with van der Waals surface area (Å²) in [5.74, 6) is -0.249. The molecule has 0 saturated carbocycles. The number of aromatic nitrogens is 2. The molecule has 0 aliphatic carbocycles. The number of carbonyl (C=O) groups is 1. The van der Waals surface area contributed by atoms with E-state index in [2.05, 4.69) is 5.10 Å². The second-order valence-corrected chi connectivity index (χ2v) is 6.81. The first kappa shape index (κ1) is 14.8. The fourth-order valence-electron chi connectivity index (χ4n) is 2.23. The van der Waals surface area contributed by atoms with Crippen molar-refractivity contribution in [3.05, 3.63) is 5.69 Å². The summed E-state index contributed by atoms with van der Waals surface area (Å²) in [4.78, 5) is 13.4. The Morgan fingerprint density at radius 3 is 2.45 bits per heavy atom. The van der Waals surface area contributed by atoms with E-state index in [4.69, 9.17) is 5.73 Å². The number of likely N-dealkylation sites (N-methyl/N-ethyl adjacent to an activating group) is 1. The molecule has 20 heavy (non-hydrogen) atoms. The number of nitrogens with two attached hydrogens (primary N) is 1. The highest BCUT2D eigenvalue weighted by atomic mass is 32.2. The zero-order valence-electron chi connectivity index (χ0n) is 11.8. The van der Waals surface area contributed by atoms with Crippen LogP contribution in [0.4, 0.5) is 5.82 Å². The second-order valence-electron chi connectivity index (χ2n) is 4.93. The fourth-order valence-corrected chi connectivity index (χ4v) is 3.95. The highest BCUT2D eigenvalue weighted by molar-refractivity contribution is 7.89.